The van der Waals surface area contributed by atoms with Crippen molar-refractivity contribution in [1.29, 1.82) is 0 Å². The summed E-state index contributed by atoms with van der Waals surface area (Å²) in [6.07, 6.45) is 5.14. The van der Waals surface area contributed by atoms with Gasteiger partial charge in [0.05, 0.1) is 28.6 Å². The van der Waals surface area contributed by atoms with E-state index in [0.717, 1.165) is 11.1 Å². The van der Waals surface area contributed by atoms with Gasteiger partial charge in [-0.2, -0.15) is 0 Å². The lowest BCUT2D eigenvalue weighted by Gasteiger charge is -2.13. The maximum Gasteiger partial charge on any atom is 0.337 e. The topological polar surface area (TPSA) is 100 Å². The summed E-state index contributed by atoms with van der Waals surface area (Å²) in [5.74, 6) is -2.24. The lowest BCUT2D eigenvalue weighted by molar-refractivity contribution is 0.0695. The molecule has 0 saturated heterocycles. The van der Waals surface area contributed by atoms with Crippen LogP contribution >= 0.6 is 0 Å². The summed E-state index contributed by atoms with van der Waals surface area (Å²) in [6, 6.07) is 2.68. The molecule has 2 aromatic rings. The number of imide groups is 1. The molecule has 7 heteroatoms. The number of aromatic nitrogens is 2. The van der Waals surface area contributed by atoms with E-state index < -0.39 is 17.8 Å². The minimum Gasteiger partial charge on any atom is -0.478 e. The molecule has 1 N–H and O–H groups in total. The van der Waals surface area contributed by atoms with E-state index in [1.54, 1.807) is 0 Å². The van der Waals surface area contributed by atoms with E-state index in [4.69, 9.17) is 5.11 Å². The average Bonchev–Trinajstić information content (AvgIpc) is 2.72. The molecule has 20 heavy (non-hydrogen) atoms. The smallest absolute Gasteiger partial charge is 0.337 e. The molecular weight excluding hydrogens is 262 g/mol. The fraction of sp³-hybridized carbons (Fsp3) is 0. The van der Waals surface area contributed by atoms with Crippen LogP contribution in [0.25, 0.3) is 0 Å². The number of nitrogens with zero attached hydrogens (tertiary/aromatic N) is 3. The molecule has 0 aromatic carbocycles. The first-order valence-corrected chi connectivity index (χ1v) is 5.60. The molecule has 0 aliphatic carbocycles. The molecule has 3 heterocycles. The predicted octanol–water partition coefficient (Wildman–Crippen LogP) is 0.975. The Bertz CT molecular complexity index is 722. The average molecular weight is 269 g/mol. The van der Waals surface area contributed by atoms with Gasteiger partial charge in [-0.05, 0) is 12.1 Å². The predicted molar refractivity (Wildman–Crippen MR) is 66.6 cm³/mol. The largest absolute Gasteiger partial charge is 0.478 e. The van der Waals surface area contributed by atoms with Crippen LogP contribution in [0.1, 0.15) is 31.1 Å². The fourth-order valence-corrected chi connectivity index (χ4v) is 1.99. The summed E-state index contributed by atoms with van der Waals surface area (Å²) in [6.45, 7) is 0. The number of hydrogen-bond donors (Lipinski definition) is 1. The Kier molecular flexibility index (Phi) is 2.53. The zero-order chi connectivity index (χ0) is 14.3. The van der Waals surface area contributed by atoms with Crippen LogP contribution in [0.3, 0.4) is 0 Å². The second-order valence-electron chi connectivity index (χ2n) is 4.10. The Morgan fingerprint density at radius 3 is 2.50 bits per heavy atom. The molecule has 0 atom stereocenters. The highest BCUT2D eigenvalue weighted by atomic mass is 16.4. The van der Waals surface area contributed by atoms with Gasteiger partial charge in [-0.25, -0.2) is 9.69 Å². The van der Waals surface area contributed by atoms with Crippen LogP contribution in [0.4, 0.5) is 5.69 Å². The molecule has 0 unspecified atom stereocenters. The van der Waals surface area contributed by atoms with E-state index in [0.29, 0.717) is 0 Å². The summed E-state index contributed by atoms with van der Waals surface area (Å²) in [5.41, 5.74) is 0.456. The molecule has 0 fully saturated rings. The Morgan fingerprint density at radius 2 is 1.80 bits per heavy atom. The van der Waals surface area contributed by atoms with Crippen LogP contribution in [-0.4, -0.2) is 32.9 Å². The third kappa shape index (κ3) is 1.64. The number of carboxylic acid groups (broad SMARTS) is 1. The molecule has 1 aliphatic heterocycles. The van der Waals surface area contributed by atoms with E-state index in [1.165, 1.54) is 30.7 Å². The maximum absolute atomic E-state index is 12.2. The lowest BCUT2D eigenvalue weighted by atomic mass is 10.2. The summed E-state index contributed by atoms with van der Waals surface area (Å²) >= 11 is 0. The van der Waals surface area contributed by atoms with Gasteiger partial charge in [0, 0.05) is 18.6 Å². The van der Waals surface area contributed by atoms with Crippen molar-refractivity contribution in [2.24, 2.45) is 0 Å². The Morgan fingerprint density at radius 1 is 1.05 bits per heavy atom. The quantitative estimate of drug-likeness (QED) is 0.815. The number of carboxylic acids is 1. The molecule has 7 nitrogen and oxygen atoms in total. The summed E-state index contributed by atoms with van der Waals surface area (Å²) in [7, 11) is 0. The van der Waals surface area contributed by atoms with Gasteiger partial charge in [-0.1, -0.05) is 0 Å². The van der Waals surface area contributed by atoms with Gasteiger partial charge in [0.2, 0.25) is 0 Å². The summed E-state index contributed by atoms with van der Waals surface area (Å²) in [5, 5.41) is 8.92. The highest BCUT2D eigenvalue weighted by molar-refractivity contribution is 6.34. The fourth-order valence-electron chi connectivity index (χ4n) is 1.99. The van der Waals surface area contributed by atoms with Gasteiger partial charge in [-0.3, -0.25) is 19.6 Å². The molecule has 3 rings (SSSR count). The number of fused-ring (bicyclic) bond motifs is 1. The molecule has 2 aromatic heterocycles. The number of carbonyl (C=O) groups excluding carboxylic acids is 2. The van der Waals surface area contributed by atoms with Crippen molar-refractivity contribution in [3.63, 3.8) is 0 Å². The van der Waals surface area contributed by atoms with Crippen LogP contribution in [0.15, 0.2) is 36.9 Å². The highest BCUT2D eigenvalue weighted by Gasteiger charge is 2.37. The van der Waals surface area contributed by atoms with Crippen LogP contribution < -0.4 is 4.90 Å². The molecule has 0 bridgehead atoms. The van der Waals surface area contributed by atoms with Crippen LogP contribution in [0, 0.1) is 0 Å². The number of hydrogen-bond acceptors (Lipinski definition) is 5. The number of carbonyl (C=O) groups is 3. The van der Waals surface area contributed by atoms with Crippen molar-refractivity contribution in [2.45, 2.75) is 0 Å². The first-order valence-electron chi connectivity index (χ1n) is 5.60. The number of pyridine rings is 2. The molecule has 98 valence electrons. The van der Waals surface area contributed by atoms with Crippen molar-refractivity contribution in [3.8, 4) is 0 Å². The van der Waals surface area contributed by atoms with Gasteiger partial charge < -0.3 is 5.11 Å². The molecule has 2 amide bonds. The normalized spacial score (nSPS) is 13.5. The van der Waals surface area contributed by atoms with Gasteiger partial charge in [-0.15, -0.1) is 0 Å². The van der Waals surface area contributed by atoms with Crippen LogP contribution in [0.2, 0.25) is 0 Å². The molecule has 0 spiro atoms. The van der Waals surface area contributed by atoms with Crippen LogP contribution in [-0.2, 0) is 0 Å². The molecule has 0 saturated carbocycles. The van der Waals surface area contributed by atoms with Crippen molar-refractivity contribution < 1.29 is 19.5 Å². The second-order valence-corrected chi connectivity index (χ2v) is 4.10. The Balaban J connectivity index is 2.09. The number of rotatable bonds is 2. The van der Waals surface area contributed by atoms with E-state index in [-0.39, 0.29) is 22.4 Å². The van der Waals surface area contributed by atoms with Gasteiger partial charge in [0.15, 0.2) is 0 Å². The van der Waals surface area contributed by atoms with E-state index >= 15 is 0 Å². The van der Waals surface area contributed by atoms with Crippen LogP contribution in [0.5, 0.6) is 0 Å². The minimum absolute atomic E-state index is 0.0998. The molecular formula is C13H7N3O4. The second kappa shape index (κ2) is 4.23. The number of amides is 2. The third-order valence-electron chi connectivity index (χ3n) is 2.92. The lowest BCUT2D eigenvalue weighted by Crippen LogP contribution is -2.29. The Hall–Kier alpha value is -3.09. The monoisotopic (exact) mass is 269 g/mol. The van der Waals surface area contributed by atoms with E-state index in [9.17, 15) is 14.4 Å². The summed E-state index contributed by atoms with van der Waals surface area (Å²) in [4.78, 5) is 43.7. The van der Waals surface area contributed by atoms with Gasteiger partial charge in [0.1, 0.15) is 0 Å². The third-order valence-corrected chi connectivity index (χ3v) is 2.92. The Labute approximate surface area is 112 Å². The zero-order valence-electron chi connectivity index (χ0n) is 9.98. The van der Waals surface area contributed by atoms with Crippen molar-refractivity contribution >= 4 is 23.5 Å². The molecule has 0 radical (unpaired) electrons. The van der Waals surface area contributed by atoms with E-state index in [2.05, 4.69) is 9.97 Å². The van der Waals surface area contributed by atoms with E-state index in [1.807, 2.05) is 0 Å². The minimum atomic E-state index is -1.18. The molecule has 1 aliphatic rings. The standard InChI is InChI=1S/C13H7N3O4/c17-11-9-1-2-14-6-10(9)12(18)16(11)8-3-7(13(19)20)4-15-5-8/h1-6H,(H,19,20). The zero-order valence-corrected chi connectivity index (χ0v) is 9.98. The summed E-state index contributed by atoms with van der Waals surface area (Å²) < 4.78 is 0. The first-order chi connectivity index (χ1) is 9.59. The van der Waals surface area contributed by atoms with Crippen molar-refractivity contribution in [1.82, 2.24) is 9.97 Å². The van der Waals surface area contributed by atoms with Crippen molar-refractivity contribution in [3.05, 3.63) is 53.6 Å². The van der Waals surface area contributed by atoms with Gasteiger partial charge >= 0.3 is 5.97 Å². The highest BCUT2D eigenvalue weighted by Crippen LogP contribution is 2.27. The maximum atomic E-state index is 12.2. The van der Waals surface area contributed by atoms with Crippen molar-refractivity contribution in [2.75, 3.05) is 4.90 Å². The van der Waals surface area contributed by atoms with Gasteiger partial charge in [0.25, 0.3) is 11.8 Å². The first kappa shape index (κ1) is 12.0. The SMILES string of the molecule is O=C(O)c1cncc(N2C(=O)c3ccncc3C2=O)c1. The number of aromatic carboxylic acids is 1. The number of anilines is 1.